The molecule has 1 amide bonds. The molecular formula is C20H29N5O2. The summed E-state index contributed by atoms with van der Waals surface area (Å²) >= 11 is 0. The van der Waals surface area contributed by atoms with Gasteiger partial charge in [-0.2, -0.15) is 5.10 Å². The minimum atomic E-state index is -0.420. The SMILES string of the molecule is Cc1ccccc1Cn1nc(CC(N)=O)nc1C(C)N1C[C@@H](C)O[C@@H](C)C1. The lowest BCUT2D eigenvalue weighted by Crippen LogP contribution is -2.46. The topological polar surface area (TPSA) is 86.3 Å². The molecule has 3 atom stereocenters. The molecule has 27 heavy (non-hydrogen) atoms. The Morgan fingerprint density at radius 2 is 1.96 bits per heavy atom. The summed E-state index contributed by atoms with van der Waals surface area (Å²) in [5, 5.41) is 4.59. The number of ether oxygens (including phenoxy) is 1. The number of hydrogen-bond acceptors (Lipinski definition) is 5. The standard InChI is InChI=1S/C20H29N5O2/c1-13-7-5-6-8-17(13)12-25-20(22-19(23-25)9-18(21)26)16(4)24-10-14(2)27-15(3)11-24/h5-8,14-16H,9-12H2,1-4H3,(H2,21,26)/t14-,15+,16?. The Hall–Kier alpha value is -2.25. The molecule has 1 unspecified atom stereocenters. The molecule has 0 saturated carbocycles. The third-order valence-corrected chi connectivity index (χ3v) is 5.03. The summed E-state index contributed by atoms with van der Waals surface area (Å²) in [5.41, 5.74) is 7.75. The third kappa shape index (κ3) is 4.73. The van der Waals surface area contributed by atoms with Crippen molar-refractivity contribution in [3.05, 3.63) is 47.0 Å². The van der Waals surface area contributed by atoms with Crippen LogP contribution in [-0.4, -0.2) is 50.9 Å². The summed E-state index contributed by atoms with van der Waals surface area (Å²) < 4.78 is 7.77. The van der Waals surface area contributed by atoms with E-state index in [9.17, 15) is 4.79 Å². The number of aryl methyl sites for hydroxylation is 1. The number of rotatable bonds is 6. The molecule has 2 aromatic rings. The smallest absolute Gasteiger partial charge is 0.225 e. The first-order valence-corrected chi connectivity index (χ1v) is 9.49. The van der Waals surface area contributed by atoms with Crippen molar-refractivity contribution in [2.24, 2.45) is 5.73 Å². The van der Waals surface area contributed by atoms with Crippen LogP contribution in [0.2, 0.25) is 0 Å². The van der Waals surface area contributed by atoms with E-state index in [4.69, 9.17) is 10.5 Å². The molecule has 0 spiro atoms. The van der Waals surface area contributed by atoms with Gasteiger partial charge in [-0.3, -0.25) is 9.69 Å². The fourth-order valence-electron chi connectivity index (χ4n) is 3.71. The average molecular weight is 371 g/mol. The second-order valence-corrected chi connectivity index (χ2v) is 7.50. The Morgan fingerprint density at radius 3 is 2.59 bits per heavy atom. The van der Waals surface area contributed by atoms with Gasteiger partial charge in [-0.15, -0.1) is 0 Å². The zero-order valence-electron chi connectivity index (χ0n) is 16.6. The fraction of sp³-hybridized carbons (Fsp3) is 0.550. The normalized spacial score (nSPS) is 21.9. The van der Waals surface area contributed by atoms with Crippen LogP contribution in [0.25, 0.3) is 0 Å². The van der Waals surface area contributed by atoms with E-state index < -0.39 is 5.91 Å². The number of hydrogen-bond donors (Lipinski definition) is 1. The van der Waals surface area contributed by atoms with Crippen LogP contribution in [0.15, 0.2) is 24.3 Å². The van der Waals surface area contributed by atoms with Crippen molar-refractivity contribution in [2.45, 2.75) is 58.9 Å². The molecular weight excluding hydrogens is 342 g/mol. The number of nitrogens with two attached hydrogens (primary N) is 1. The van der Waals surface area contributed by atoms with E-state index in [1.807, 2.05) is 16.8 Å². The molecule has 7 nitrogen and oxygen atoms in total. The second kappa shape index (κ2) is 8.19. The van der Waals surface area contributed by atoms with E-state index in [0.717, 1.165) is 18.9 Å². The highest BCUT2D eigenvalue weighted by Crippen LogP contribution is 2.24. The fourth-order valence-corrected chi connectivity index (χ4v) is 3.71. The molecule has 7 heteroatoms. The predicted molar refractivity (Wildman–Crippen MR) is 103 cm³/mol. The Morgan fingerprint density at radius 1 is 1.30 bits per heavy atom. The van der Waals surface area contributed by atoms with Crippen LogP contribution in [0.4, 0.5) is 0 Å². The highest BCUT2D eigenvalue weighted by atomic mass is 16.5. The van der Waals surface area contributed by atoms with Gasteiger partial charge < -0.3 is 10.5 Å². The molecule has 1 aliphatic rings. The Kier molecular flexibility index (Phi) is 5.92. The maximum Gasteiger partial charge on any atom is 0.225 e. The summed E-state index contributed by atoms with van der Waals surface area (Å²) in [4.78, 5) is 18.4. The summed E-state index contributed by atoms with van der Waals surface area (Å²) in [5.74, 6) is 0.916. The lowest BCUT2D eigenvalue weighted by atomic mass is 10.1. The molecule has 0 aliphatic carbocycles. The van der Waals surface area contributed by atoms with Crippen molar-refractivity contribution in [2.75, 3.05) is 13.1 Å². The maximum atomic E-state index is 11.4. The number of primary amides is 1. The molecule has 0 radical (unpaired) electrons. The zero-order valence-corrected chi connectivity index (χ0v) is 16.6. The van der Waals surface area contributed by atoms with E-state index in [1.54, 1.807) is 0 Å². The summed E-state index contributed by atoms with van der Waals surface area (Å²) in [6, 6.07) is 8.30. The van der Waals surface area contributed by atoms with E-state index in [1.165, 1.54) is 11.1 Å². The highest BCUT2D eigenvalue weighted by molar-refractivity contribution is 5.75. The number of carbonyl (C=O) groups excluding carboxylic acids is 1. The molecule has 146 valence electrons. The third-order valence-electron chi connectivity index (χ3n) is 5.03. The largest absolute Gasteiger partial charge is 0.373 e. The van der Waals surface area contributed by atoms with Gasteiger partial charge in [0, 0.05) is 13.1 Å². The van der Waals surface area contributed by atoms with Crippen molar-refractivity contribution in [1.29, 1.82) is 0 Å². The average Bonchev–Trinajstić information content (AvgIpc) is 2.97. The van der Waals surface area contributed by atoms with Gasteiger partial charge in [0.2, 0.25) is 5.91 Å². The second-order valence-electron chi connectivity index (χ2n) is 7.50. The molecule has 2 heterocycles. The van der Waals surface area contributed by atoms with E-state index >= 15 is 0 Å². The van der Waals surface area contributed by atoms with Gasteiger partial charge in [-0.1, -0.05) is 24.3 Å². The Bertz CT molecular complexity index is 793. The van der Waals surface area contributed by atoms with Gasteiger partial charge in [0.05, 0.1) is 31.2 Å². The number of nitrogens with zero attached hydrogens (tertiary/aromatic N) is 4. The zero-order chi connectivity index (χ0) is 19.6. The number of benzene rings is 1. The number of carbonyl (C=O) groups is 1. The lowest BCUT2D eigenvalue weighted by Gasteiger charge is -2.38. The molecule has 3 rings (SSSR count). The van der Waals surface area contributed by atoms with Crippen molar-refractivity contribution in [3.63, 3.8) is 0 Å². The molecule has 1 aromatic carbocycles. The summed E-state index contributed by atoms with van der Waals surface area (Å²) in [6.07, 6.45) is 0.402. The highest BCUT2D eigenvalue weighted by Gasteiger charge is 2.29. The Balaban J connectivity index is 1.91. The van der Waals surface area contributed by atoms with Crippen LogP contribution in [-0.2, 0) is 22.5 Å². The molecule has 1 fully saturated rings. The quantitative estimate of drug-likeness (QED) is 0.837. The summed E-state index contributed by atoms with van der Waals surface area (Å²) in [7, 11) is 0. The van der Waals surface area contributed by atoms with E-state index in [0.29, 0.717) is 12.4 Å². The number of aromatic nitrogens is 3. The van der Waals surface area contributed by atoms with Gasteiger partial charge in [-0.05, 0) is 38.8 Å². The van der Waals surface area contributed by atoms with E-state index in [2.05, 4.69) is 54.8 Å². The van der Waals surface area contributed by atoms with Crippen LogP contribution in [0.3, 0.4) is 0 Å². The number of amides is 1. The molecule has 1 aromatic heterocycles. The van der Waals surface area contributed by atoms with Gasteiger partial charge in [-0.25, -0.2) is 9.67 Å². The van der Waals surface area contributed by atoms with Crippen LogP contribution < -0.4 is 5.73 Å². The lowest BCUT2D eigenvalue weighted by molar-refractivity contribution is -0.117. The Labute approximate surface area is 160 Å². The van der Waals surface area contributed by atoms with Crippen molar-refractivity contribution in [3.8, 4) is 0 Å². The first-order chi connectivity index (χ1) is 12.8. The first-order valence-electron chi connectivity index (χ1n) is 9.49. The van der Waals surface area contributed by atoms with Crippen LogP contribution in [0.5, 0.6) is 0 Å². The van der Waals surface area contributed by atoms with Crippen molar-refractivity contribution in [1.82, 2.24) is 19.7 Å². The van der Waals surface area contributed by atoms with Gasteiger partial charge in [0.15, 0.2) is 5.82 Å². The summed E-state index contributed by atoms with van der Waals surface area (Å²) in [6.45, 7) is 10.7. The minimum absolute atomic E-state index is 0.0520. The molecule has 1 saturated heterocycles. The molecule has 2 N–H and O–H groups in total. The van der Waals surface area contributed by atoms with Crippen LogP contribution in [0, 0.1) is 6.92 Å². The van der Waals surface area contributed by atoms with Gasteiger partial charge >= 0.3 is 0 Å². The predicted octanol–water partition coefficient (Wildman–Crippen LogP) is 1.83. The minimum Gasteiger partial charge on any atom is -0.373 e. The molecule has 0 bridgehead atoms. The number of morpholine rings is 1. The van der Waals surface area contributed by atoms with Gasteiger partial charge in [0.25, 0.3) is 0 Å². The van der Waals surface area contributed by atoms with Crippen molar-refractivity contribution < 1.29 is 9.53 Å². The van der Waals surface area contributed by atoms with E-state index in [-0.39, 0.29) is 24.7 Å². The maximum absolute atomic E-state index is 11.4. The first kappa shape index (κ1) is 19.5. The van der Waals surface area contributed by atoms with Crippen molar-refractivity contribution >= 4 is 5.91 Å². The van der Waals surface area contributed by atoms with Crippen LogP contribution in [0.1, 0.15) is 49.6 Å². The molecule has 1 aliphatic heterocycles. The van der Waals surface area contributed by atoms with Crippen LogP contribution >= 0.6 is 0 Å². The van der Waals surface area contributed by atoms with Gasteiger partial charge in [0.1, 0.15) is 5.82 Å². The monoisotopic (exact) mass is 371 g/mol.